The summed E-state index contributed by atoms with van der Waals surface area (Å²) in [6.45, 7) is 1.72. The van der Waals surface area contributed by atoms with Crippen LogP contribution in [0.25, 0.3) is 0 Å². The van der Waals surface area contributed by atoms with E-state index in [9.17, 15) is 4.79 Å². The van der Waals surface area contributed by atoms with Crippen LogP contribution in [0.2, 0.25) is 0 Å². The van der Waals surface area contributed by atoms with Gasteiger partial charge in [-0.3, -0.25) is 4.79 Å². The molecule has 4 nitrogen and oxygen atoms in total. The van der Waals surface area contributed by atoms with Crippen molar-refractivity contribution in [1.29, 1.82) is 0 Å². The molecule has 0 aromatic carbocycles. The molecule has 0 aromatic heterocycles. The summed E-state index contributed by atoms with van der Waals surface area (Å²) < 4.78 is 11.0. The molecule has 2 saturated heterocycles. The molecule has 2 atom stereocenters. The Morgan fingerprint density at radius 3 is 2.86 bits per heavy atom. The zero-order valence-electron chi connectivity index (χ0n) is 8.33. The number of carbonyl (C=O) groups is 1. The maximum Gasteiger partial charge on any atom is 0.246 e. The highest BCUT2D eigenvalue weighted by molar-refractivity contribution is 5.77. The molecule has 2 unspecified atom stereocenters. The normalized spacial score (nSPS) is 33.9. The third kappa shape index (κ3) is 2.69. The number of ether oxygens (including phenoxy) is 2. The van der Waals surface area contributed by atoms with Gasteiger partial charge in [0.15, 0.2) is 0 Å². The van der Waals surface area contributed by atoms with E-state index in [1.54, 1.807) is 0 Å². The molecule has 1 amide bonds. The summed E-state index contributed by atoms with van der Waals surface area (Å²) in [4.78, 5) is 10.8. The second kappa shape index (κ2) is 4.75. The highest BCUT2D eigenvalue weighted by Crippen LogP contribution is 2.18. The molecule has 0 bridgehead atoms. The lowest BCUT2D eigenvalue weighted by atomic mass is 10.0. The van der Waals surface area contributed by atoms with Gasteiger partial charge < -0.3 is 14.8 Å². The van der Waals surface area contributed by atoms with E-state index in [1.807, 2.05) is 0 Å². The summed E-state index contributed by atoms with van der Waals surface area (Å²) in [5, 5.41) is 2.80. The molecule has 2 heterocycles. The van der Waals surface area contributed by atoms with Crippen LogP contribution in [0.4, 0.5) is 0 Å². The van der Waals surface area contributed by atoms with Crippen LogP contribution in [0, 0.1) is 0 Å². The molecule has 2 rings (SSSR count). The molecule has 2 aliphatic rings. The minimum atomic E-state index is -0.00851. The van der Waals surface area contributed by atoms with Gasteiger partial charge in [0.05, 0.1) is 12.2 Å². The van der Waals surface area contributed by atoms with E-state index < -0.39 is 0 Å². The van der Waals surface area contributed by atoms with Crippen LogP contribution >= 0.6 is 0 Å². The third-order valence-electron chi connectivity index (χ3n) is 2.78. The van der Waals surface area contributed by atoms with Crippen molar-refractivity contribution in [3.8, 4) is 0 Å². The van der Waals surface area contributed by atoms with Crippen LogP contribution in [0.15, 0.2) is 0 Å². The molecule has 2 aliphatic heterocycles. The first kappa shape index (κ1) is 9.93. The summed E-state index contributed by atoms with van der Waals surface area (Å²) in [5.74, 6) is -0.00851. The van der Waals surface area contributed by atoms with E-state index in [0.717, 1.165) is 19.4 Å². The molecule has 0 aliphatic carbocycles. The van der Waals surface area contributed by atoms with E-state index in [2.05, 4.69) is 5.32 Å². The second-order valence-corrected chi connectivity index (χ2v) is 3.96. The van der Waals surface area contributed by atoms with E-state index >= 15 is 0 Å². The molecule has 4 heteroatoms. The quantitative estimate of drug-likeness (QED) is 0.703. The van der Waals surface area contributed by atoms with Gasteiger partial charge in [-0.05, 0) is 19.3 Å². The predicted molar refractivity (Wildman–Crippen MR) is 51.0 cm³/mol. The molecule has 0 spiro atoms. The molecular weight excluding hydrogens is 182 g/mol. The molecule has 80 valence electrons. The number of carbonyl (C=O) groups excluding carboxylic acids is 1. The Morgan fingerprint density at radius 1 is 1.29 bits per heavy atom. The number of rotatable bonds is 2. The van der Waals surface area contributed by atoms with Crippen LogP contribution < -0.4 is 5.32 Å². The average Bonchev–Trinajstić information content (AvgIpc) is 2.23. The Hall–Kier alpha value is -0.610. The topological polar surface area (TPSA) is 47.6 Å². The Balaban J connectivity index is 1.71. The fourth-order valence-corrected chi connectivity index (χ4v) is 1.97. The van der Waals surface area contributed by atoms with Gasteiger partial charge >= 0.3 is 0 Å². The van der Waals surface area contributed by atoms with Crippen LogP contribution in [-0.2, 0) is 14.3 Å². The Bertz CT molecular complexity index is 192. The fourth-order valence-electron chi connectivity index (χ4n) is 1.97. The monoisotopic (exact) mass is 199 g/mol. The Labute approximate surface area is 84.0 Å². The SMILES string of the molecule is O=C1COC(CC2CCCCO2)CN1. The van der Waals surface area contributed by atoms with Gasteiger partial charge in [-0.15, -0.1) is 0 Å². The minimum absolute atomic E-state index is 0.00851. The van der Waals surface area contributed by atoms with Crippen LogP contribution in [-0.4, -0.2) is 37.9 Å². The van der Waals surface area contributed by atoms with Crippen molar-refractivity contribution in [2.75, 3.05) is 19.8 Å². The average molecular weight is 199 g/mol. The number of morpholine rings is 1. The van der Waals surface area contributed by atoms with Crippen LogP contribution in [0.3, 0.4) is 0 Å². The maximum absolute atomic E-state index is 10.8. The molecule has 0 radical (unpaired) electrons. The lowest BCUT2D eigenvalue weighted by molar-refractivity contribution is -0.135. The summed E-state index contributed by atoms with van der Waals surface area (Å²) in [6, 6.07) is 0. The molecule has 14 heavy (non-hydrogen) atoms. The standard InChI is InChI=1S/C10H17NO3/c12-10-7-14-9(6-11-10)5-8-3-1-2-4-13-8/h8-9H,1-7H2,(H,11,12). The van der Waals surface area contributed by atoms with E-state index in [0.29, 0.717) is 12.6 Å². The van der Waals surface area contributed by atoms with Crippen molar-refractivity contribution in [3.05, 3.63) is 0 Å². The van der Waals surface area contributed by atoms with Crippen LogP contribution in [0.1, 0.15) is 25.7 Å². The lowest BCUT2D eigenvalue weighted by Crippen LogP contribution is -2.44. The fraction of sp³-hybridized carbons (Fsp3) is 0.900. The summed E-state index contributed by atoms with van der Waals surface area (Å²) in [7, 11) is 0. The number of hydrogen-bond acceptors (Lipinski definition) is 3. The highest BCUT2D eigenvalue weighted by Gasteiger charge is 2.23. The largest absolute Gasteiger partial charge is 0.378 e. The first-order chi connectivity index (χ1) is 6.84. The molecule has 0 saturated carbocycles. The van der Waals surface area contributed by atoms with Gasteiger partial charge in [0.2, 0.25) is 5.91 Å². The number of hydrogen-bond donors (Lipinski definition) is 1. The molecule has 2 fully saturated rings. The zero-order valence-corrected chi connectivity index (χ0v) is 8.33. The molecular formula is C10H17NO3. The van der Waals surface area contributed by atoms with Gasteiger partial charge in [-0.2, -0.15) is 0 Å². The van der Waals surface area contributed by atoms with Gasteiger partial charge in [0, 0.05) is 19.6 Å². The van der Waals surface area contributed by atoms with Crippen LogP contribution in [0.5, 0.6) is 0 Å². The minimum Gasteiger partial charge on any atom is -0.378 e. The van der Waals surface area contributed by atoms with E-state index in [-0.39, 0.29) is 18.6 Å². The first-order valence-corrected chi connectivity index (χ1v) is 5.34. The first-order valence-electron chi connectivity index (χ1n) is 5.34. The smallest absolute Gasteiger partial charge is 0.246 e. The van der Waals surface area contributed by atoms with Gasteiger partial charge in [0.25, 0.3) is 0 Å². The third-order valence-corrected chi connectivity index (χ3v) is 2.78. The van der Waals surface area contributed by atoms with E-state index in [4.69, 9.17) is 9.47 Å². The Morgan fingerprint density at radius 2 is 2.21 bits per heavy atom. The summed E-state index contributed by atoms with van der Waals surface area (Å²) in [6.07, 6.45) is 4.97. The van der Waals surface area contributed by atoms with Crippen molar-refractivity contribution >= 4 is 5.91 Å². The van der Waals surface area contributed by atoms with Crippen molar-refractivity contribution < 1.29 is 14.3 Å². The van der Waals surface area contributed by atoms with Crippen molar-refractivity contribution in [3.63, 3.8) is 0 Å². The molecule has 1 N–H and O–H groups in total. The Kier molecular flexibility index (Phi) is 3.37. The van der Waals surface area contributed by atoms with Crippen molar-refractivity contribution in [1.82, 2.24) is 5.32 Å². The van der Waals surface area contributed by atoms with E-state index in [1.165, 1.54) is 12.8 Å². The van der Waals surface area contributed by atoms with Gasteiger partial charge in [-0.1, -0.05) is 0 Å². The summed E-state index contributed by atoms with van der Waals surface area (Å²) >= 11 is 0. The molecule has 0 aromatic rings. The maximum atomic E-state index is 10.8. The van der Waals surface area contributed by atoms with Gasteiger partial charge in [-0.25, -0.2) is 0 Å². The van der Waals surface area contributed by atoms with Crippen molar-refractivity contribution in [2.24, 2.45) is 0 Å². The predicted octanol–water partition coefficient (Wildman–Crippen LogP) is 0.461. The zero-order chi connectivity index (χ0) is 9.80. The highest BCUT2D eigenvalue weighted by atomic mass is 16.5. The second-order valence-electron chi connectivity index (χ2n) is 3.96. The summed E-state index contributed by atoms with van der Waals surface area (Å²) in [5.41, 5.74) is 0. The number of amides is 1. The van der Waals surface area contributed by atoms with Crippen molar-refractivity contribution in [2.45, 2.75) is 37.9 Å². The number of nitrogens with one attached hydrogen (secondary N) is 1. The lowest BCUT2D eigenvalue weighted by Gasteiger charge is -2.29. The van der Waals surface area contributed by atoms with Gasteiger partial charge in [0.1, 0.15) is 6.61 Å².